The third-order valence-corrected chi connectivity index (χ3v) is 3.47. The van der Waals surface area contributed by atoms with Crippen LogP contribution < -0.4 is 5.32 Å². The summed E-state index contributed by atoms with van der Waals surface area (Å²) in [7, 11) is 0. The molecule has 1 N–H and O–H groups in total. The van der Waals surface area contributed by atoms with Gasteiger partial charge in [0.2, 0.25) is 0 Å². The van der Waals surface area contributed by atoms with Gasteiger partial charge >= 0.3 is 6.18 Å². The van der Waals surface area contributed by atoms with Crippen LogP contribution in [0.25, 0.3) is 0 Å². The van der Waals surface area contributed by atoms with Crippen molar-refractivity contribution in [3.63, 3.8) is 0 Å². The van der Waals surface area contributed by atoms with Crippen LogP contribution in [-0.2, 0) is 12.7 Å². The minimum Gasteiger partial charge on any atom is -0.381 e. The molecule has 0 fully saturated rings. The zero-order valence-electron chi connectivity index (χ0n) is 11.7. The fraction of sp³-hybridized carbons (Fsp3) is 0.250. The fourth-order valence-electron chi connectivity index (χ4n) is 2.05. The molecular formula is C16H15F4N. The van der Waals surface area contributed by atoms with Gasteiger partial charge in [0.1, 0.15) is 5.82 Å². The van der Waals surface area contributed by atoms with Crippen molar-refractivity contribution >= 4 is 5.69 Å². The van der Waals surface area contributed by atoms with Gasteiger partial charge in [-0.1, -0.05) is 18.2 Å². The number of benzene rings is 2. The monoisotopic (exact) mass is 297 g/mol. The molecule has 5 heteroatoms. The molecule has 0 aromatic heterocycles. The van der Waals surface area contributed by atoms with Crippen LogP contribution in [0.3, 0.4) is 0 Å². The van der Waals surface area contributed by atoms with Gasteiger partial charge in [-0.3, -0.25) is 0 Å². The first-order valence-corrected chi connectivity index (χ1v) is 6.45. The van der Waals surface area contributed by atoms with Crippen molar-refractivity contribution in [2.75, 3.05) is 5.32 Å². The maximum Gasteiger partial charge on any atom is 0.419 e. The molecule has 0 saturated carbocycles. The average molecular weight is 297 g/mol. The van der Waals surface area contributed by atoms with Gasteiger partial charge in [-0.05, 0) is 48.7 Å². The van der Waals surface area contributed by atoms with E-state index in [1.165, 1.54) is 6.07 Å². The fourth-order valence-corrected chi connectivity index (χ4v) is 2.05. The molecule has 0 atom stereocenters. The van der Waals surface area contributed by atoms with E-state index >= 15 is 0 Å². The summed E-state index contributed by atoms with van der Waals surface area (Å²) in [5, 5.41) is 2.90. The van der Waals surface area contributed by atoms with Gasteiger partial charge in [-0.2, -0.15) is 13.2 Å². The number of anilines is 1. The van der Waals surface area contributed by atoms with Crippen LogP contribution in [0.2, 0.25) is 0 Å². The highest BCUT2D eigenvalue weighted by Gasteiger charge is 2.34. The molecule has 0 aliphatic rings. The predicted octanol–water partition coefficient (Wildman–Crippen LogP) is 5.07. The van der Waals surface area contributed by atoms with Gasteiger partial charge in [-0.15, -0.1) is 0 Å². The highest BCUT2D eigenvalue weighted by atomic mass is 19.4. The first-order valence-electron chi connectivity index (χ1n) is 6.45. The summed E-state index contributed by atoms with van der Waals surface area (Å²) in [5.74, 6) is -1.26. The number of hydrogen-bond donors (Lipinski definition) is 1. The number of nitrogens with one attached hydrogen (secondary N) is 1. The van der Waals surface area contributed by atoms with E-state index in [9.17, 15) is 17.6 Å². The lowest BCUT2D eigenvalue weighted by molar-refractivity contribution is -0.139. The Bertz CT molecular complexity index is 647. The number of hydrogen-bond acceptors (Lipinski definition) is 1. The van der Waals surface area contributed by atoms with Crippen LogP contribution in [0.1, 0.15) is 22.3 Å². The standard InChI is InChI=1S/C16H15F4N/c1-10-4-3-5-12(11(10)2)9-21-13-6-7-15(17)14(8-13)16(18,19)20/h3-8,21H,9H2,1-2H3. The summed E-state index contributed by atoms with van der Waals surface area (Å²) in [6.45, 7) is 4.31. The molecule has 2 rings (SSSR count). The van der Waals surface area contributed by atoms with Gasteiger partial charge in [0.15, 0.2) is 0 Å². The Kier molecular flexibility index (Phi) is 4.21. The molecule has 1 nitrogen and oxygen atoms in total. The van der Waals surface area contributed by atoms with Crippen molar-refractivity contribution in [3.05, 3.63) is 64.5 Å². The first-order chi connectivity index (χ1) is 9.79. The molecule has 0 saturated heterocycles. The molecule has 2 aromatic carbocycles. The molecule has 112 valence electrons. The Labute approximate surface area is 120 Å². The summed E-state index contributed by atoms with van der Waals surface area (Å²) in [6, 6.07) is 8.69. The van der Waals surface area contributed by atoms with Crippen LogP contribution in [0.4, 0.5) is 23.2 Å². The molecule has 0 amide bonds. The Morgan fingerprint density at radius 1 is 1.05 bits per heavy atom. The number of alkyl halides is 3. The Morgan fingerprint density at radius 3 is 2.43 bits per heavy atom. The van der Waals surface area contributed by atoms with E-state index in [4.69, 9.17) is 0 Å². The largest absolute Gasteiger partial charge is 0.419 e. The number of aryl methyl sites for hydroxylation is 1. The molecule has 0 radical (unpaired) electrons. The summed E-state index contributed by atoms with van der Waals surface area (Å²) >= 11 is 0. The highest BCUT2D eigenvalue weighted by molar-refractivity contribution is 5.48. The molecular weight excluding hydrogens is 282 g/mol. The third kappa shape index (κ3) is 3.54. The lowest BCUT2D eigenvalue weighted by Crippen LogP contribution is -2.09. The van der Waals surface area contributed by atoms with E-state index < -0.39 is 17.6 Å². The minimum absolute atomic E-state index is 0.240. The zero-order chi connectivity index (χ0) is 15.6. The van der Waals surface area contributed by atoms with Crippen molar-refractivity contribution in [2.24, 2.45) is 0 Å². The van der Waals surface area contributed by atoms with Gasteiger partial charge in [0.25, 0.3) is 0 Å². The van der Waals surface area contributed by atoms with Crippen molar-refractivity contribution in [2.45, 2.75) is 26.6 Å². The highest BCUT2D eigenvalue weighted by Crippen LogP contribution is 2.33. The second-order valence-electron chi connectivity index (χ2n) is 4.90. The molecule has 0 heterocycles. The minimum atomic E-state index is -4.69. The van der Waals surface area contributed by atoms with Crippen molar-refractivity contribution in [1.82, 2.24) is 0 Å². The average Bonchev–Trinajstić information content (AvgIpc) is 2.40. The number of halogens is 4. The molecule has 2 aromatic rings. The Morgan fingerprint density at radius 2 is 1.76 bits per heavy atom. The predicted molar refractivity (Wildman–Crippen MR) is 74.6 cm³/mol. The van der Waals surface area contributed by atoms with Crippen LogP contribution >= 0.6 is 0 Å². The SMILES string of the molecule is Cc1cccc(CNc2ccc(F)c(C(F)(F)F)c2)c1C. The first kappa shape index (κ1) is 15.4. The van der Waals surface area contributed by atoms with E-state index in [1.807, 2.05) is 32.0 Å². The van der Waals surface area contributed by atoms with E-state index in [-0.39, 0.29) is 5.69 Å². The maximum atomic E-state index is 13.2. The summed E-state index contributed by atoms with van der Waals surface area (Å²) in [4.78, 5) is 0. The Hall–Kier alpha value is -2.04. The van der Waals surface area contributed by atoms with Gasteiger partial charge in [-0.25, -0.2) is 4.39 Å². The lowest BCUT2D eigenvalue weighted by atomic mass is 10.0. The van der Waals surface area contributed by atoms with E-state index in [1.54, 1.807) is 0 Å². The van der Waals surface area contributed by atoms with Gasteiger partial charge in [0, 0.05) is 12.2 Å². The van der Waals surface area contributed by atoms with Gasteiger partial charge in [0.05, 0.1) is 5.56 Å². The van der Waals surface area contributed by atoms with Crippen LogP contribution in [-0.4, -0.2) is 0 Å². The second-order valence-corrected chi connectivity index (χ2v) is 4.90. The molecule has 0 unspecified atom stereocenters. The topological polar surface area (TPSA) is 12.0 Å². The van der Waals surface area contributed by atoms with E-state index in [0.717, 1.165) is 28.8 Å². The third-order valence-electron chi connectivity index (χ3n) is 3.47. The molecule has 0 spiro atoms. The normalized spacial score (nSPS) is 11.5. The zero-order valence-corrected chi connectivity index (χ0v) is 11.7. The molecule has 0 bridgehead atoms. The summed E-state index contributed by atoms with van der Waals surface area (Å²) < 4.78 is 51.1. The Balaban J connectivity index is 2.19. The van der Waals surface area contributed by atoms with Crippen LogP contribution in [0.15, 0.2) is 36.4 Å². The summed E-state index contributed by atoms with van der Waals surface area (Å²) in [5.41, 5.74) is 2.18. The van der Waals surface area contributed by atoms with E-state index in [2.05, 4.69) is 5.32 Å². The van der Waals surface area contributed by atoms with Crippen LogP contribution in [0, 0.1) is 19.7 Å². The van der Waals surface area contributed by atoms with Crippen LogP contribution in [0.5, 0.6) is 0 Å². The van der Waals surface area contributed by atoms with Gasteiger partial charge < -0.3 is 5.32 Å². The van der Waals surface area contributed by atoms with Crippen molar-refractivity contribution < 1.29 is 17.6 Å². The van der Waals surface area contributed by atoms with E-state index in [0.29, 0.717) is 6.54 Å². The summed E-state index contributed by atoms with van der Waals surface area (Å²) in [6.07, 6.45) is -4.69. The number of rotatable bonds is 3. The molecule has 0 aliphatic carbocycles. The van der Waals surface area contributed by atoms with Crippen molar-refractivity contribution in [1.29, 1.82) is 0 Å². The smallest absolute Gasteiger partial charge is 0.381 e. The molecule has 0 aliphatic heterocycles. The molecule has 21 heavy (non-hydrogen) atoms. The second kappa shape index (κ2) is 5.76. The lowest BCUT2D eigenvalue weighted by Gasteiger charge is -2.13. The quantitative estimate of drug-likeness (QED) is 0.780. The van der Waals surface area contributed by atoms with Crippen molar-refractivity contribution in [3.8, 4) is 0 Å². The maximum absolute atomic E-state index is 13.2.